The van der Waals surface area contributed by atoms with Gasteiger partial charge in [0.2, 0.25) is 0 Å². The van der Waals surface area contributed by atoms with E-state index in [1.807, 2.05) is 30.3 Å². The molecule has 0 saturated carbocycles. The molecule has 0 saturated heterocycles. The van der Waals surface area contributed by atoms with Gasteiger partial charge in [-0.1, -0.05) is 44.2 Å². The molecule has 0 radical (unpaired) electrons. The fourth-order valence-corrected chi connectivity index (χ4v) is 1.24. The summed E-state index contributed by atoms with van der Waals surface area (Å²) < 4.78 is 0. The molecule has 1 aromatic rings. The van der Waals surface area contributed by atoms with Crippen molar-refractivity contribution in [2.45, 2.75) is 45.3 Å². The number of hydrogen-bond acceptors (Lipinski definition) is 6. The Bertz CT molecular complexity index is 549. The lowest BCUT2D eigenvalue weighted by Crippen LogP contribution is -2.34. The SMILES string of the molecule is CC(C)[C@H](N)C(=O)O.C[C@H](N)C(=O)O.N[C@@H](Cc1ccccc1)C(=O)O. The first-order valence-corrected chi connectivity index (χ1v) is 7.89. The summed E-state index contributed by atoms with van der Waals surface area (Å²) >= 11 is 0. The molecule has 0 bridgehead atoms. The van der Waals surface area contributed by atoms with Crippen molar-refractivity contribution in [2.24, 2.45) is 23.1 Å². The third-order valence-corrected chi connectivity index (χ3v) is 3.01. The lowest BCUT2D eigenvalue weighted by atomic mass is 10.1. The summed E-state index contributed by atoms with van der Waals surface area (Å²) in [6.45, 7) is 4.97. The minimum Gasteiger partial charge on any atom is -0.480 e. The molecule has 0 amide bonds. The van der Waals surface area contributed by atoms with Gasteiger partial charge in [-0.05, 0) is 24.8 Å². The van der Waals surface area contributed by atoms with Crippen molar-refractivity contribution >= 4 is 17.9 Å². The molecule has 0 spiro atoms. The molecule has 0 aliphatic heterocycles. The summed E-state index contributed by atoms with van der Waals surface area (Å²) in [4.78, 5) is 30.0. The number of carboxylic acid groups (broad SMARTS) is 3. The normalized spacial score (nSPS) is 13.2. The van der Waals surface area contributed by atoms with Crippen LogP contribution < -0.4 is 17.2 Å². The lowest BCUT2D eigenvalue weighted by molar-refractivity contribution is -0.140. The number of rotatable bonds is 6. The average Bonchev–Trinajstić information content (AvgIpc) is 2.55. The lowest BCUT2D eigenvalue weighted by Gasteiger charge is -2.07. The highest BCUT2D eigenvalue weighted by Gasteiger charge is 2.14. The van der Waals surface area contributed by atoms with Crippen LogP contribution in [0.15, 0.2) is 30.3 Å². The maximum atomic E-state index is 10.4. The van der Waals surface area contributed by atoms with Crippen molar-refractivity contribution < 1.29 is 29.7 Å². The van der Waals surface area contributed by atoms with Crippen molar-refractivity contribution in [1.82, 2.24) is 0 Å². The molecule has 0 heterocycles. The second-order valence-electron chi connectivity index (χ2n) is 5.87. The van der Waals surface area contributed by atoms with Crippen LogP contribution in [-0.2, 0) is 20.8 Å². The van der Waals surface area contributed by atoms with E-state index < -0.39 is 36.0 Å². The summed E-state index contributed by atoms with van der Waals surface area (Å²) in [5.74, 6) is -2.83. The van der Waals surface area contributed by atoms with E-state index in [0.717, 1.165) is 5.56 Å². The minimum absolute atomic E-state index is 0.0208. The monoisotopic (exact) mass is 371 g/mol. The Balaban J connectivity index is 0. The highest BCUT2D eigenvalue weighted by Crippen LogP contribution is 2.01. The Labute approximate surface area is 152 Å². The quantitative estimate of drug-likeness (QED) is 0.403. The molecule has 3 atom stereocenters. The van der Waals surface area contributed by atoms with E-state index in [0.29, 0.717) is 6.42 Å². The summed E-state index contributed by atoms with van der Waals surface area (Å²) in [5.41, 5.74) is 16.3. The fraction of sp³-hybridized carbons (Fsp3) is 0.471. The molecule has 9 N–H and O–H groups in total. The number of benzene rings is 1. The van der Waals surface area contributed by atoms with Crippen LogP contribution in [0.1, 0.15) is 26.3 Å². The highest BCUT2D eigenvalue weighted by molar-refractivity contribution is 5.73. The predicted molar refractivity (Wildman–Crippen MR) is 97.5 cm³/mol. The van der Waals surface area contributed by atoms with E-state index in [2.05, 4.69) is 0 Å². The zero-order valence-corrected chi connectivity index (χ0v) is 15.2. The van der Waals surface area contributed by atoms with Crippen LogP contribution >= 0.6 is 0 Å². The van der Waals surface area contributed by atoms with Crippen LogP contribution in [0, 0.1) is 5.92 Å². The maximum Gasteiger partial charge on any atom is 0.320 e. The Morgan fingerprint density at radius 2 is 1.27 bits per heavy atom. The molecule has 9 nitrogen and oxygen atoms in total. The molecule has 0 fully saturated rings. The van der Waals surface area contributed by atoms with Gasteiger partial charge in [-0.3, -0.25) is 14.4 Å². The van der Waals surface area contributed by atoms with Crippen molar-refractivity contribution in [3.8, 4) is 0 Å². The molecule has 0 aromatic heterocycles. The van der Waals surface area contributed by atoms with Crippen molar-refractivity contribution in [3.63, 3.8) is 0 Å². The third-order valence-electron chi connectivity index (χ3n) is 3.01. The molecule has 148 valence electrons. The van der Waals surface area contributed by atoms with Gasteiger partial charge >= 0.3 is 17.9 Å². The van der Waals surface area contributed by atoms with Crippen LogP contribution in [0.25, 0.3) is 0 Å². The molecular formula is C17H29N3O6. The van der Waals surface area contributed by atoms with Crippen LogP contribution in [0.4, 0.5) is 0 Å². The maximum absolute atomic E-state index is 10.4. The Morgan fingerprint density at radius 1 is 0.846 bits per heavy atom. The van der Waals surface area contributed by atoms with Crippen LogP contribution in [0.3, 0.4) is 0 Å². The van der Waals surface area contributed by atoms with E-state index in [1.54, 1.807) is 13.8 Å². The van der Waals surface area contributed by atoms with E-state index in [-0.39, 0.29) is 5.92 Å². The van der Waals surface area contributed by atoms with E-state index in [1.165, 1.54) is 6.92 Å². The molecule has 26 heavy (non-hydrogen) atoms. The van der Waals surface area contributed by atoms with Crippen LogP contribution in [-0.4, -0.2) is 51.4 Å². The Kier molecular flexibility index (Phi) is 13.6. The number of nitrogens with two attached hydrogens (primary N) is 3. The largest absolute Gasteiger partial charge is 0.480 e. The average molecular weight is 371 g/mol. The van der Waals surface area contributed by atoms with Gasteiger partial charge in [0.1, 0.15) is 18.1 Å². The van der Waals surface area contributed by atoms with E-state index in [9.17, 15) is 14.4 Å². The summed E-state index contributed by atoms with van der Waals surface area (Å²) in [6, 6.07) is 7.10. The molecule has 0 aliphatic rings. The smallest absolute Gasteiger partial charge is 0.320 e. The van der Waals surface area contributed by atoms with Crippen LogP contribution in [0.5, 0.6) is 0 Å². The standard InChI is InChI=1S/C9H11NO2.C5H11NO2.C3H7NO2/c10-8(9(11)12)6-7-4-2-1-3-5-7;1-3(2)4(6)5(7)8;1-2(4)3(5)6/h1-5,8H,6,10H2,(H,11,12);3-4H,6H2,1-2H3,(H,7,8);2H,4H2,1H3,(H,5,6)/t8-;4-;2-/m000/s1. The van der Waals surface area contributed by atoms with E-state index >= 15 is 0 Å². The van der Waals surface area contributed by atoms with Crippen molar-refractivity contribution in [2.75, 3.05) is 0 Å². The Hall–Kier alpha value is -2.49. The minimum atomic E-state index is -0.963. The van der Waals surface area contributed by atoms with Gasteiger partial charge in [-0.2, -0.15) is 0 Å². The van der Waals surface area contributed by atoms with Gasteiger partial charge in [-0.15, -0.1) is 0 Å². The summed E-state index contributed by atoms with van der Waals surface area (Å²) in [5, 5.41) is 24.6. The summed E-state index contributed by atoms with van der Waals surface area (Å²) in [6.07, 6.45) is 0.385. The van der Waals surface area contributed by atoms with Gasteiger partial charge in [0.25, 0.3) is 0 Å². The molecule has 0 aliphatic carbocycles. The number of carboxylic acids is 3. The number of aliphatic carboxylic acids is 3. The number of hydrogen-bond donors (Lipinski definition) is 6. The fourth-order valence-electron chi connectivity index (χ4n) is 1.24. The van der Waals surface area contributed by atoms with Gasteiger partial charge in [0.05, 0.1) is 0 Å². The molecule has 1 aromatic carbocycles. The number of carbonyl (C=O) groups is 3. The molecular weight excluding hydrogens is 342 g/mol. The molecule has 0 unspecified atom stereocenters. The Morgan fingerprint density at radius 3 is 1.50 bits per heavy atom. The first-order valence-electron chi connectivity index (χ1n) is 7.89. The zero-order chi connectivity index (χ0) is 20.9. The van der Waals surface area contributed by atoms with Gasteiger partial charge in [0.15, 0.2) is 0 Å². The van der Waals surface area contributed by atoms with Crippen molar-refractivity contribution in [3.05, 3.63) is 35.9 Å². The topological polar surface area (TPSA) is 190 Å². The third kappa shape index (κ3) is 13.9. The predicted octanol–water partition coefficient (Wildman–Crippen LogP) is 0.114. The van der Waals surface area contributed by atoms with Gasteiger partial charge in [-0.25, -0.2) is 0 Å². The van der Waals surface area contributed by atoms with Crippen molar-refractivity contribution in [1.29, 1.82) is 0 Å². The zero-order valence-electron chi connectivity index (χ0n) is 15.2. The van der Waals surface area contributed by atoms with Crippen LogP contribution in [0.2, 0.25) is 0 Å². The van der Waals surface area contributed by atoms with E-state index in [4.69, 9.17) is 32.5 Å². The molecule has 9 heteroatoms. The summed E-state index contributed by atoms with van der Waals surface area (Å²) in [7, 11) is 0. The first kappa shape index (κ1) is 25.7. The molecule has 1 rings (SSSR count). The highest BCUT2D eigenvalue weighted by atomic mass is 16.4. The first-order chi connectivity index (χ1) is 11.9. The second-order valence-corrected chi connectivity index (χ2v) is 5.87. The second kappa shape index (κ2) is 13.8. The van der Waals surface area contributed by atoms with Gasteiger partial charge in [0, 0.05) is 0 Å². The van der Waals surface area contributed by atoms with Gasteiger partial charge < -0.3 is 32.5 Å².